The van der Waals surface area contributed by atoms with Gasteiger partial charge in [0.05, 0.1) is 18.2 Å². The number of anilines is 1. The van der Waals surface area contributed by atoms with Gasteiger partial charge in [0.2, 0.25) is 0 Å². The van der Waals surface area contributed by atoms with Gasteiger partial charge in [-0.25, -0.2) is 4.79 Å². The van der Waals surface area contributed by atoms with E-state index >= 15 is 0 Å². The number of carbonyl (C=O) groups is 1. The Morgan fingerprint density at radius 2 is 2.44 bits per heavy atom. The molecule has 0 unspecified atom stereocenters. The Bertz CT molecular complexity index is 325. The van der Waals surface area contributed by atoms with Crippen molar-refractivity contribution >= 4 is 22.4 Å². The van der Waals surface area contributed by atoms with Crippen LogP contribution in [0.2, 0.25) is 0 Å². The molecule has 1 heterocycles. The van der Waals surface area contributed by atoms with E-state index in [4.69, 9.17) is 4.74 Å². The Kier molecular flexibility index (Phi) is 4.72. The van der Waals surface area contributed by atoms with E-state index in [0.717, 1.165) is 5.00 Å². The minimum atomic E-state index is -1.05. The molecule has 1 atom stereocenters. The van der Waals surface area contributed by atoms with Crippen LogP contribution in [0.4, 0.5) is 9.80 Å². The standard InChI is InChI=1S/C10H16N2O3S/c1-10(14,7-15-2)6-11-9(13)12-8-4-3-5-16-8/h3-5,14H,6-7H2,1-2H3,(H2,11,12,13)/t10-/m0/s1. The molecule has 0 saturated carbocycles. The van der Waals surface area contributed by atoms with Gasteiger partial charge in [-0.1, -0.05) is 0 Å². The van der Waals surface area contributed by atoms with Crippen LogP contribution < -0.4 is 10.6 Å². The molecule has 3 N–H and O–H groups in total. The third kappa shape index (κ3) is 4.61. The van der Waals surface area contributed by atoms with Crippen LogP contribution >= 0.6 is 11.3 Å². The number of hydrogen-bond donors (Lipinski definition) is 3. The second-order valence-electron chi connectivity index (χ2n) is 3.71. The minimum Gasteiger partial charge on any atom is -0.386 e. The number of hydrogen-bond acceptors (Lipinski definition) is 4. The highest BCUT2D eigenvalue weighted by Crippen LogP contribution is 2.14. The number of thiophene rings is 1. The summed E-state index contributed by atoms with van der Waals surface area (Å²) in [6.07, 6.45) is 0. The van der Waals surface area contributed by atoms with E-state index in [1.54, 1.807) is 13.0 Å². The van der Waals surface area contributed by atoms with Gasteiger partial charge in [0, 0.05) is 7.11 Å². The molecule has 0 aromatic carbocycles. The second kappa shape index (κ2) is 5.83. The van der Waals surface area contributed by atoms with Gasteiger partial charge in [0.1, 0.15) is 5.60 Å². The lowest BCUT2D eigenvalue weighted by atomic mass is 10.1. The molecule has 2 amide bonds. The minimum absolute atomic E-state index is 0.137. The van der Waals surface area contributed by atoms with Gasteiger partial charge in [-0.05, 0) is 24.4 Å². The fraction of sp³-hybridized carbons (Fsp3) is 0.500. The number of aliphatic hydroxyl groups is 1. The van der Waals surface area contributed by atoms with Crippen LogP contribution in [0.25, 0.3) is 0 Å². The molecule has 16 heavy (non-hydrogen) atoms. The number of ether oxygens (including phenoxy) is 1. The maximum Gasteiger partial charge on any atom is 0.319 e. The van der Waals surface area contributed by atoms with Crippen molar-refractivity contribution in [2.75, 3.05) is 25.6 Å². The Morgan fingerprint density at radius 3 is 3.00 bits per heavy atom. The topological polar surface area (TPSA) is 70.6 Å². The van der Waals surface area contributed by atoms with Gasteiger partial charge in [-0.2, -0.15) is 0 Å². The van der Waals surface area contributed by atoms with Crippen LogP contribution in [0, 0.1) is 0 Å². The summed E-state index contributed by atoms with van der Waals surface area (Å²) in [7, 11) is 1.50. The predicted molar refractivity (Wildman–Crippen MR) is 63.8 cm³/mol. The third-order valence-electron chi connectivity index (χ3n) is 1.84. The molecule has 0 aliphatic rings. The van der Waals surface area contributed by atoms with Crippen molar-refractivity contribution in [2.45, 2.75) is 12.5 Å². The normalized spacial score (nSPS) is 14.2. The molecule has 5 nitrogen and oxygen atoms in total. The summed E-state index contributed by atoms with van der Waals surface area (Å²) in [6, 6.07) is 3.32. The van der Waals surface area contributed by atoms with E-state index < -0.39 is 5.60 Å². The number of urea groups is 1. The van der Waals surface area contributed by atoms with Crippen LogP contribution in [-0.2, 0) is 4.74 Å². The van der Waals surface area contributed by atoms with Crippen LogP contribution in [0.5, 0.6) is 0 Å². The summed E-state index contributed by atoms with van der Waals surface area (Å²) in [6.45, 7) is 1.91. The van der Waals surface area contributed by atoms with Gasteiger partial charge >= 0.3 is 6.03 Å². The van der Waals surface area contributed by atoms with E-state index in [9.17, 15) is 9.90 Å². The molecule has 0 bridgehead atoms. The van der Waals surface area contributed by atoms with Crippen LogP contribution in [0.15, 0.2) is 17.5 Å². The van der Waals surface area contributed by atoms with Gasteiger partial charge in [-0.15, -0.1) is 11.3 Å². The molecular weight excluding hydrogens is 228 g/mol. The highest BCUT2D eigenvalue weighted by molar-refractivity contribution is 7.14. The summed E-state index contributed by atoms with van der Waals surface area (Å²) < 4.78 is 4.83. The smallest absolute Gasteiger partial charge is 0.319 e. The molecule has 0 spiro atoms. The van der Waals surface area contributed by atoms with Crippen molar-refractivity contribution in [3.63, 3.8) is 0 Å². The van der Waals surface area contributed by atoms with E-state index in [2.05, 4.69) is 10.6 Å². The van der Waals surface area contributed by atoms with Crippen LogP contribution in [0.3, 0.4) is 0 Å². The zero-order valence-electron chi connectivity index (χ0n) is 9.32. The fourth-order valence-electron chi connectivity index (χ4n) is 1.14. The van der Waals surface area contributed by atoms with Crippen molar-refractivity contribution in [1.29, 1.82) is 0 Å². The maximum absolute atomic E-state index is 11.4. The molecule has 0 fully saturated rings. The van der Waals surface area contributed by atoms with Crippen molar-refractivity contribution in [3.05, 3.63) is 17.5 Å². The van der Waals surface area contributed by atoms with Gasteiger partial charge in [0.15, 0.2) is 0 Å². The molecule has 0 aliphatic heterocycles. The van der Waals surface area contributed by atoms with Crippen LogP contribution in [-0.4, -0.2) is 37.0 Å². The first-order valence-electron chi connectivity index (χ1n) is 4.83. The van der Waals surface area contributed by atoms with E-state index in [1.807, 2.05) is 11.4 Å². The van der Waals surface area contributed by atoms with Crippen molar-refractivity contribution in [1.82, 2.24) is 5.32 Å². The monoisotopic (exact) mass is 244 g/mol. The number of methoxy groups -OCH3 is 1. The zero-order chi connectivity index (χ0) is 12.0. The fourth-order valence-corrected chi connectivity index (χ4v) is 1.75. The first-order valence-corrected chi connectivity index (χ1v) is 5.71. The summed E-state index contributed by atoms with van der Waals surface area (Å²) in [4.78, 5) is 11.4. The lowest BCUT2D eigenvalue weighted by Gasteiger charge is -2.22. The lowest BCUT2D eigenvalue weighted by molar-refractivity contribution is -0.0133. The summed E-state index contributed by atoms with van der Waals surface area (Å²) in [5.74, 6) is 0. The predicted octanol–water partition coefficient (Wildman–Crippen LogP) is 1.27. The van der Waals surface area contributed by atoms with E-state index in [1.165, 1.54) is 18.4 Å². The van der Waals surface area contributed by atoms with Gasteiger partial charge < -0.3 is 15.2 Å². The van der Waals surface area contributed by atoms with Crippen LogP contribution in [0.1, 0.15) is 6.92 Å². The van der Waals surface area contributed by atoms with Crippen molar-refractivity contribution < 1.29 is 14.6 Å². The largest absolute Gasteiger partial charge is 0.386 e. The van der Waals surface area contributed by atoms with Gasteiger partial charge in [0.25, 0.3) is 0 Å². The van der Waals surface area contributed by atoms with E-state index in [-0.39, 0.29) is 19.2 Å². The number of rotatable bonds is 5. The number of amides is 2. The molecule has 0 radical (unpaired) electrons. The quantitative estimate of drug-likeness (QED) is 0.730. The Morgan fingerprint density at radius 1 is 1.69 bits per heavy atom. The Hall–Kier alpha value is -1.11. The molecule has 0 aliphatic carbocycles. The lowest BCUT2D eigenvalue weighted by Crippen LogP contribution is -2.45. The first-order chi connectivity index (χ1) is 7.53. The molecule has 1 rings (SSSR count). The summed E-state index contributed by atoms with van der Waals surface area (Å²) in [5, 5.41) is 17.6. The van der Waals surface area contributed by atoms with Crippen molar-refractivity contribution in [3.8, 4) is 0 Å². The molecule has 1 aromatic rings. The Balaban J connectivity index is 2.30. The van der Waals surface area contributed by atoms with E-state index in [0.29, 0.717) is 0 Å². The van der Waals surface area contributed by atoms with Crippen molar-refractivity contribution in [2.24, 2.45) is 0 Å². The second-order valence-corrected chi connectivity index (χ2v) is 4.66. The average Bonchev–Trinajstić information content (AvgIpc) is 2.68. The maximum atomic E-state index is 11.4. The third-order valence-corrected chi connectivity index (χ3v) is 2.63. The molecule has 1 aromatic heterocycles. The molecule has 0 saturated heterocycles. The molecular formula is C10H16N2O3S. The number of nitrogens with one attached hydrogen (secondary N) is 2. The summed E-state index contributed by atoms with van der Waals surface area (Å²) in [5.41, 5.74) is -1.05. The number of carbonyl (C=O) groups excluding carboxylic acids is 1. The summed E-state index contributed by atoms with van der Waals surface area (Å²) >= 11 is 1.44. The highest BCUT2D eigenvalue weighted by Gasteiger charge is 2.20. The first kappa shape index (κ1) is 13.0. The van der Waals surface area contributed by atoms with Gasteiger partial charge in [-0.3, -0.25) is 5.32 Å². The average molecular weight is 244 g/mol. The highest BCUT2D eigenvalue weighted by atomic mass is 32.1. The zero-order valence-corrected chi connectivity index (χ0v) is 10.1. The SMILES string of the molecule is COC[C@@](C)(O)CNC(=O)Nc1cccs1. The Labute approximate surface area is 98.4 Å². The molecule has 6 heteroatoms. The molecule has 90 valence electrons.